The summed E-state index contributed by atoms with van der Waals surface area (Å²) in [4.78, 5) is 0.966. The zero-order valence-electron chi connectivity index (χ0n) is 13.3. The van der Waals surface area contributed by atoms with E-state index in [1.807, 2.05) is 6.07 Å². The lowest BCUT2D eigenvalue weighted by molar-refractivity contribution is 0.164. The van der Waals surface area contributed by atoms with Crippen molar-refractivity contribution in [3.8, 4) is 0 Å². The van der Waals surface area contributed by atoms with E-state index in [-0.39, 0.29) is 0 Å². The van der Waals surface area contributed by atoms with E-state index in [0.29, 0.717) is 29.4 Å². The van der Waals surface area contributed by atoms with Crippen molar-refractivity contribution in [3.63, 3.8) is 0 Å². The average molecular weight is 335 g/mol. The molecule has 3 nitrogen and oxygen atoms in total. The third kappa shape index (κ3) is 2.62. The molecule has 118 valence electrons. The maximum absolute atomic E-state index is 13.0. The number of sulfone groups is 1. The number of benzene rings is 1. The highest BCUT2D eigenvalue weighted by Crippen LogP contribution is 2.45. The van der Waals surface area contributed by atoms with Crippen molar-refractivity contribution in [1.82, 2.24) is 0 Å². The van der Waals surface area contributed by atoms with E-state index in [1.54, 1.807) is 24.3 Å². The topological polar surface area (TPSA) is 43.4 Å². The maximum atomic E-state index is 13.0. The molecule has 0 saturated carbocycles. The Morgan fingerprint density at radius 3 is 2.36 bits per heavy atom. The van der Waals surface area contributed by atoms with Crippen molar-refractivity contribution in [2.24, 2.45) is 0 Å². The Balaban J connectivity index is 2.11. The Bertz CT molecular complexity index is 753. The van der Waals surface area contributed by atoms with Crippen LogP contribution in [-0.4, -0.2) is 29.7 Å². The van der Waals surface area contributed by atoms with Gasteiger partial charge in [0.1, 0.15) is 0 Å². The van der Waals surface area contributed by atoms with Gasteiger partial charge in [-0.15, -0.1) is 0 Å². The first kappa shape index (κ1) is 15.7. The Labute approximate surface area is 133 Å². The van der Waals surface area contributed by atoms with Crippen molar-refractivity contribution in [2.75, 3.05) is 13.2 Å². The molecule has 0 N–H and O–H groups in total. The summed E-state index contributed by atoms with van der Waals surface area (Å²) in [6.45, 7) is 7.98. The van der Waals surface area contributed by atoms with E-state index < -0.39 is 17.9 Å². The Morgan fingerprint density at radius 1 is 1.05 bits per heavy atom. The number of fused-ring (bicyclic) bond motifs is 1. The van der Waals surface area contributed by atoms with Crippen LogP contribution in [0.4, 0.5) is 0 Å². The lowest BCUT2D eigenvalue weighted by Gasteiger charge is -2.35. The minimum Gasteiger partial charge on any atom is -0.376 e. The third-order valence-electron chi connectivity index (χ3n) is 4.42. The minimum absolute atomic E-state index is 0.389. The molecule has 1 aromatic rings. The number of hydrogen-bond acceptors (Lipinski definition) is 3. The van der Waals surface area contributed by atoms with Crippen molar-refractivity contribution < 1.29 is 13.2 Å². The Kier molecular flexibility index (Phi) is 3.91. The van der Waals surface area contributed by atoms with Crippen LogP contribution in [-0.2, 0) is 14.6 Å². The number of rotatable bonds is 3. The number of ether oxygens (including phenoxy) is 1. The van der Waals surface area contributed by atoms with Crippen molar-refractivity contribution in [3.05, 3.63) is 51.6 Å². The molecule has 0 spiro atoms. The smallest absolute Gasteiger partial charge is 0.203 e. The summed E-state index contributed by atoms with van der Waals surface area (Å²) >= 11 is 0. The van der Waals surface area contributed by atoms with E-state index >= 15 is 0 Å². The molecule has 2 aliphatic rings. The predicted octanol–water partition coefficient (Wildman–Crippen LogP) is 3.71. The summed E-state index contributed by atoms with van der Waals surface area (Å²) in [5.74, 6) is 0. The van der Waals surface area contributed by atoms with Gasteiger partial charge in [0, 0.05) is 6.42 Å². The van der Waals surface area contributed by atoms with E-state index in [4.69, 9.17) is 4.74 Å². The van der Waals surface area contributed by atoms with Gasteiger partial charge in [-0.3, -0.25) is 0 Å². The number of allylic oxidation sites excluding steroid dienone is 1. The second kappa shape index (κ2) is 5.48. The van der Waals surface area contributed by atoms with Crippen molar-refractivity contribution in [2.45, 2.75) is 37.4 Å². The fourth-order valence-corrected chi connectivity index (χ4v) is 6.66. The van der Waals surface area contributed by atoms with Gasteiger partial charge in [-0.25, -0.2) is 8.42 Å². The van der Waals surface area contributed by atoms with Crippen molar-refractivity contribution in [1.29, 1.82) is 0 Å². The van der Waals surface area contributed by atoms with Crippen LogP contribution in [0.1, 0.15) is 12.8 Å². The molecular weight excluding hydrogens is 312 g/mol. The van der Waals surface area contributed by atoms with Gasteiger partial charge in [-0.05, 0) is 29.7 Å². The SMILES string of the molecule is C[Si](C)(C)C1=C2COCCC(S(=O)(=O)c3ccccc3)=C2C1. The van der Waals surface area contributed by atoms with Gasteiger partial charge in [0.05, 0.1) is 31.1 Å². The molecule has 1 aliphatic heterocycles. The molecule has 0 radical (unpaired) electrons. The first-order valence-electron chi connectivity index (χ1n) is 7.64. The Morgan fingerprint density at radius 2 is 1.73 bits per heavy atom. The van der Waals surface area contributed by atoms with Crippen LogP contribution < -0.4 is 0 Å². The number of hydrogen-bond donors (Lipinski definition) is 0. The fraction of sp³-hybridized carbons (Fsp3) is 0.412. The molecule has 1 heterocycles. The molecule has 0 atom stereocenters. The van der Waals surface area contributed by atoms with Gasteiger partial charge in [0.2, 0.25) is 9.84 Å². The van der Waals surface area contributed by atoms with E-state index in [9.17, 15) is 8.42 Å². The molecule has 1 aliphatic carbocycles. The van der Waals surface area contributed by atoms with Gasteiger partial charge in [-0.1, -0.05) is 43.0 Å². The lowest BCUT2D eigenvalue weighted by atomic mass is 9.91. The molecule has 0 amide bonds. The summed E-state index contributed by atoms with van der Waals surface area (Å²) in [7, 11) is -4.81. The zero-order valence-corrected chi connectivity index (χ0v) is 15.2. The highest BCUT2D eigenvalue weighted by atomic mass is 32.2. The first-order valence-corrected chi connectivity index (χ1v) is 12.6. The molecule has 5 heteroatoms. The van der Waals surface area contributed by atoms with Crippen molar-refractivity contribution >= 4 is 17.9 Å². The fourth-order valence-electron chi connectivity index (χ4n) is 3.15. The molecule has 0 fully saturated rings. The van der Waals surface area contributed by atoms with Gasteiger partial charge < -0.3 is 4.74 Å². The molecule has 0 bridgehead atoms. The Hall–Kier alpha value is -1.17. The maximum Gasteiger partial charge on any atom is 0.203 e. The quantitative estimate of drug-likeness (QED) is 0.791. The van der Waals surface area contributed by atoms with Crippen LogP contribution in [0.3, 0.4) is 0 Å². The van der Waals surface area contributed by atoms with Gasteiger partial charge in [0.25, 0.3) is 0 Å². The predicted molar refractivity (Wildman–Crippen MR) is 91.1 cm³/mol. The van der Waals surface area contributed by atoms with Crippen LogP contribution in [0.5, 0.6) is 0 Å². The van der Waals surface area contributed by atoms with Crippen LogP contribution in [0.15, 0.2) is 56.5 Å². The van der Waals surface area contributed by atoms with Gasteiger partial charge in [-0.2, -0.15) is 0 Å². The standard InChI is InChI=1S/C17H22O3SSi/c1-22(2,3)17-11-14-15(17)12-20-10-9-16(14)21(18,19)13-7-5-4-6-8-13/h4-8H,9-12H2,1-3H3. The molecule has 0 aromatic heterocycles. The van der Waals surface area contributed by atoms with E-state index in [0.717, 1.165) is 12.0 Å². The molecule has 1 aromatic carbocycles. The largest absolute Gasteiger partial charge is 0.376 e. The van der Waals surface area contributed by atoms with Crippen LogP contribution in [0, 0.1) is 0 Å². The van der Waals surface area contributed by atoms with E-state index in [1.165, 1.54) is 10.8 Å². The van der Waals surface area contributed by atoms with Gasteiger partial charge >= 0.3 is 0 Å². The molecule has 0 saturated heterocycles. The minimum atomic E-state index is -3.40. The highest BCUT2D eigenvalue weighted by molar-refractivity contribution is 7.95. The monoisotopic (exact) mass is 334 g/mol. The molecular formula is C17H22O3SSi. The van der Waals surface area contributed by atoms with Crippen LogP contribution >= 0.6 is 0 Å². The highest BCUT2D eigenvalue weighted by Gasteiger charge is 2.38. The zero-order chi connectivity index (χ0) is 16.0. The van der Waals surface area contributed by atoms with Crippen LogP contribution in [0.25, 0.3) is 0 Å². The molecule has 3 rings (SSSR count). The summed E-state index contributed by atoms with van der Waals surface area (Å²) in [5, 5.41) is 1.46. The molecule has 0 unspecified atom stereocenters. The van der Waals surface area contributed by atoms with E-state index in [2.05, 4.69) is 19.6 Å². The molecule has 22 heavy (non-hydrogen) atoms. The second-order valence-corrected chi connectivity index (χ2v) is 14.0. The van der Waals surface area contributed by atoms with Gasteiger partial charge in [0.15, 0.2) is 0 Å². The summed E-state index contributed by atoms with van der Waals surface area (Å²) in [6, 6.07) is 8.74. The second-order valence-electron chi connectivity index (χ2n) is 6.90. The first-order chi connectivity index (χ1) is 10.3. The normalized spacial score (nSPS) is 19.6. The summed E-state index contributed by atoms with van der Waals surface area (Å²) in [5.41, 5.74) is 2.20. The summed E-state index contributed by atoms with van der Waals surface area (Å²) in [6.07, 6.45) is 1.31. The average Bonchev–Trinajstić information content (AvgIpc) is 2.58. The summed E-state index contributed by atoms with van der Waals surface area (Å²) < 4.78 is 31.6. The third-order valence-corrected chi connectivity index (χ3v) is 8.70. The van der Waals surface area contributed by atoms with Crippen LogP contribution in [0.2, 0.25) is 19.6 Å². The lowest BCUT2D eigenvalue weighted by Crippen LogP contribution is -2.33.